The molecule has 0 aliphatic heterocycles. The second kappa shape index (κ2) is 5.52. The van der Waals surface area contributed by atoms with Crippen molar-refractivity contribution >= 4 is 15.9 Å². The van der Waals surface area contributed by atoms with Gasteiger partial charge < -0.3 is 0 Å². The van der Waals surface area contributed by atoms with Crippen molar-refractivity contribution in [2.75, 3.05) is 0 Å². The molecule has 1 atom stereocenters. The highest BCUT2D eigenvalue weighted by Crippen LogP contribution is 2.28. The van der Waals surface area contributed by atoms with Crippen LogP contribution in [0.4, 0.5) is 8.78 Å². The molecule has 0 saturated heterocycles. The monoisotopic (exact) mass is 290 g/mol. The number of hydrogen-bond acceptors (Lipinski definition) is 2. The molecule has 0 saturated carbocycles. The van der Waals surface area contributed by atoms with Crippen LogP contribution in [-0.4, -0.2) is 0 Å². The Labute approximate surface area is 102 Å². The summed E-state index contributed by atoms with van der Waals surface area (Å²) in [6.07, 6.45) is 1.83. The first kappa shape index (κ1) is 13.3. The molecule has 0 spiro atoms. The fraction of sp³-hybridized carbons (Fsp3) is 0.273. The van der Waals surface area contributed by atoms with Crippen molar-refractivity contribution in [1.29, 1.82) is 0 Å². The number of benzene rings is 1. The topological polar surface area (TPSA) is 38.0 Å². The molecule has 5 heteroatoms. The second-order valence-electron chi connectivity index (χ2n) is 3.65. The van der Waals surface area contributed by atoms with E-state index >= 15 is 0 Å². The van der Waals surface area contributed by atoms with Crippen molar-refractivity contribution < 1.29 is 8.78 Å². The van der Waals surface area contributed by atoms with Crippen molar-refractivity contribution in [3.63, 3.8) is 0 Å². The minimum absolute atomic E-state index is 0.0907. The Hall–Kier alpha value is -0.780. The van der Waals surface area contributed by atoms with Crippen LogP contribution in [0.2, 0.25) is 0 Å². The van der Waals surface area contributed by atoms with Gasteiger partial charge in [0.2, 0.25) is 0 Å². The quantitative estimate of drug-likeness (QED) is 0.388. The molecule has 1 unspecified atom stereocenters. The van der Waals surface area contributed by atoms with Crippen molar-refractivity contribution in [1.82, 2.24) is 5.43 Å². The lowest BCUT2D eigenvalue weighted by atomic mass is 10.0. The van der Waals surface area contributed by atoms with E-state index in [1.54, 1.807) is 0 Å². The molecule has 0 heterocycles. The average molecular weight is 291 g/mol. The molecule has 0 amide bonds. The van der Waals surface area contributed by atoms with E-state index in [1.807, 2.05) is 19.9 Å². The maximum Gasteiger partial charge on any atom is 0.173 e. The third-order valence-corrected chi connectivity index (χ3v) is 2.89. The molecule has 2 nitrogen and oxygen atoms in total. The van der Waals surface area contributed by atoms with Gasteiger partial charge in [0.15, 0.2) is 11.6 Å². The molecule has 0 aliphatic carbocycles. The zero-order valence-electron chi connectivity index (χ0n) is 9.02. The van der Waals surface area contributed by atoms with Crippen LogP contribution in [0.1, 0.15) is 25.5 Å². The standard InChI is InChI=1S/C11H13BrF2N2/c1-6(2)5-9(16-15)7-3-4-8(13)11(14)10(7)12/h3-5,9,16H,15H2,1-2H3. The first-order valence-corrected chi connectivity index (χ1v) is 5.51. The number of hydrogen-bond donors (Lipinski definition) is 2. The summed E-state index contributed by atoms with van der Waals surface area (Å²) in [5.41, 5.74) is 4.13. The Bertz CT molecular complexity index is 415. The smallest absolute Gasteiger partial charge is 0.173 e. The van der Waals surface area contributed by atoms with Crippen molar-refractivity contribution in [3.05, 3.63) is 45.5 Å². The Morgan fingerprint density at radius 3 is 2.56 bits per heavy atom. The number of nitrogens with two attached hydrogens (primary N) is 1. The fourth-order valence-corrected chi connectivity index (χ4v) is 1.91. The summed E-state index contributed by atoms with van der Waals surface area (Å²) in [6, 6.07) is 2.22. The van der Waals surface area contributed by atoms with Crippen LogP contribution in [0, 0.1) is 11.6 Å². The summed E-state index contributed by atoms with van der Waals surface area (Å²) in [4.78, 5) is 0. The molecule has 3 N–H and O–H groups in total. The van der Waals surface area contributed by atoms with Crippen molar-refractivity contribution in [2.45, 2.75) is 19.9 Å². The molecule has 1 rings (SSSR count). The van der Waals surface area contributed by atoms with Gasteiger partial charge in [-0.2, -0.15) is 0 Å². The Kier molecular flexibility index (Phi) is 4.58. The Balaban J connectivity index is 3.21. The van der Waals surface area contributed by atoms with Crippen LogP contribution in [-0.2, 0) is 0 Å². The van der Waals surface area contributed by atoms with Crippen LogP contribution in [0.15, 0.2) is 28.3 Å². The Morgan fingerprint density at radius 2 is 2.06 bits per heavy atom. The van der Waals surface area contributed by atoms with Gasteiger partial charge in [0, 0.05) is 0 Å². The van der Waals surface area contributed by atoms with Gasteiger partial charge >= 0.3 is 0 Å². The first-order valence-electron chi connectivity index (χ1n) is 4.72. The average Bonchev–Trinajstić information content (AvgIpc) is 2.23. The number of halogens is 3. The molecule has 0 radical (unpaired) electrons. The minimum Gasteiger partial charge on any atom is -0.271 e. The van der Waals surface area contributed by atoms with E-state index in [2.05, 4.69) is 21.4 Å². The van der Waals surface area contributed by atoms with Gasteiger partial charge in [-0.3, -0.25) is 5.84 Å². The van der Waals surface area contributed by atoms with Gasteiger partial charge in [-0.25, -0.2) is 14.2 Å². The van der Waals surface area contributed by atoms with Crippen LogP contribution in [0.25, 0.3) is 0 Å². The summed E-state index contributed by atoms with van der Waals surface area (Å²) in [5, 5.41) is 0. The second-order valence-corrected chi connectivity index (χ2v) is 4.45. The van der Waals surface area contributed by atoms with Crippen molar-refractivity contribution in [3.8, 4) is 0 Å². The summed E-state index contributed by atoms with van der Waals surface area (Å²) in [5.74, 6) is 3.59. The summed E-state index contributed by atoms with van der Waals surface area (Å²) < 4.78 is 26.3. The SMILES string of the molecule is CC(C)=CC(NN)c1ccc(F)c(F)c1Br. The van der Waals surface area contributed by atoms with Crippen LogP contribution < -0.4 is 11.3 Å². The minimum atomic E-state index is -0.903. The van der Waals surface area contributed by atoms with Crippen LogP contribution in [0.3, 0.4) is 0 Å². The number of allylic oxidation sites excluding steroid dienone is 1. The predicted molar refractivity (Wildman–Crippen MR) is 63.6 cm³/mol. The largest absolute Gasteiger partial charge is 0.271 e. The molecule has 0 aromatic heterocycles. The maximum absolute atomic E-state index is 13.3. The zero-order chi connectivity index (χ0) is 12.3. The fourth-order valence-electron chi connectivity index (χ4n) is 1.34. The zero-order valence-corrected chi connectivity index (χ0v) is 10.6. The van der Waals surface area contributed by atoms with Gasteiger partial charge in [-0.05, 0) is 41.4 Å². The van der Waals surface area contributed by atoms with E-state index in [4.69, 9.17) is 5.84 Å². The number of nitrogens with one attached hydrogen (secondary N) is 1. The van der Waals surface area contributed by atoms with E-state index in [0.717, 1.165) is 11.6 Å². The number of hydrazine groups is 1. The molecule has 16 heavy (non-hydrogen) atoms. The summed E-state index contributed by atoms with van der Waals surface area (Å²) >= 11 is 3.02. The molecule has 0 bridgehead atoms. The third-order valence-electron chi connectivity index (χ3n) is 2.08. The molecular weight excluding hydrogens is 278 g/mol. The van der Waals surface area contributed by atoms with E-state index < -0.39 is 11.6 Å². The Morgan fingerprint density at radius 1 is 1.44 bits per heavy atom. The molecular formula is C11H13BrF2N2. The highest BCUT2D eigenvalue weighted by atomic mass is 79.9. The lowest BCUT2D eigenvalue weighted by molar-refractivity contribution is 0.499. The van der Waals surface area contributed by atoms with E-state index in [-0.39, 0.29) is 10.5 Å². The maximum atomic E-state index is 13.3. The predicted octanol–water partition coefficient (Wildman–Crippen LogP) is 3.20. The lowest BCUT2D eigenvalue weighted by Gasteiger charge is -2.15. The molecule has 0 fully saturated rings. The van der Waals surface area contributed by atoms with E-state index in [9.17, 15) is 8.78 Å². The van der Waals surface area contributed by atoms with Crippen LogP contribution >= 0.6 is 15.9 Å². The van der Waals surface area contributed by atoms with Gasteiger partial charge in [0.25, 0.3) is 0 Å². The van der Waals surface area contributed by atoms with Gasteiger partial charge in [-0.1, -0.05) is 17.7 Å². The highest BCUT2D eigenvalue weighted by Gasteiger charge is 2.16. The van der Waals surface area contributed by atoms with E-state index in [1.165, 1.54) is 6.07 Å². The molecule has 88 valence electrons. The highest BCUT2D eigenvalue weighted by molar-refractivity contribution is 9.10. The molecule has 0 aliphatic rings. The van der Waals surface area contributed by atoms with Crippen molar-refractivity contribution in [2.24, 2.45) is 5.84 Å². The normalized spacial score (nSPS) is 12.4. The lowest BCUT2D eigenvalue weighted by Crippen LogP contribution is -2.27. The summed E-state index contributed by atoms with van der Waals surface area (Å²) in [6.45, 7) is 3.80. The van der Waals surface area contributed by atoms with Crippen LogP contribution in [0.5, 0.6) is 0 Å². The third kappa shape index (κ3) is 2.87. The molecule has 1 aromatic rings. The van der Waals surface area contributed by atoms with Gasteiger partial charge in [0.05, 0.1) is 10.5 Å². The first-order chi connectivity index (χ1) is 7.47. The van der Waals surface area contributed by atoms with E-state index in [0.29, 0.717) is 5.56 Å². The van der Waals surface area contributed by atoms with Gasteiger partial charge in [0.1, 0.15) is 0 Å². The van der Waals surface area contributed by atoms with Gasteiger partial charge in [-0.15, -0.1) is 0 Å². The summed E-state index contributed by atoms with van der Waals surface area (Å²) in [7, 11) is 0. The number of rotatable bonds is 3. The molecule has 1 aromatic carbocycles.